The molecule has 1 aliphatic rings. The van der Waals surface area contributed by atoms with Crippen molar-refractivity contribution in [2.24, 2.45) is 5.92 Å². The third kappa shape index (κ3) is 3.23. The summed E-state index contributed by atoms with van der Waals surface area (Å²) in [5, 5.41) is 7.07. The van der Waals surface area contributed by atoms with Crippen LogP contribution < -0.4 is 10.2 Å². The lowest BCUT2D eigenvalue weighted by atomic mass is 10.1. The number of nitrogens with one attached hydrogen (secondary N) is 1. The van der Waals surface area contributed by atoms with Gasteiger partial charge in [0.1, 0.15) is 0 Å². The molecule has 2 aromatic heterocycles. The monoisotopic (exact) mass is 313 g/mol. The molecule has 2 aromatic rings. The van der Waals surface area contributed by atoms with E-state index in [1.54, 1.807) is 40.3 Å². The zero-order valence-corrected chi connectivity index (χ0v) is 13.1. The molecule has 0 radical (unpaired) electrons. The number of carbonyl (C=O) groups excluding carboxylic acids is 2. The minimum Gasteiger partial charge on any atom is -0.326 e. The molecule has 1 aliphatic heterocycles. The fourth-order valence-corrected chi connectivity index (χ4v) is 2.56. The Bertz CT molecular complexity index is 710. The van der Waals surface area contributed by atoms with E-state index in [0.29, 0.717) is 12.2 Å². The number of pyridine rings is 1. The quantitative estimate of drug-likeness (QED) is 0.934. The van der Waals surface area contributed by atoms with Crippen LogP contribution in [0.25, 0.3) is 0 Å². The molecule has 0 saturated carbocycles. The zero-order chi connectivity index (χ0) is 16.4. The second kappa shape index (κ2) is 6.20. The van der Waals surface area contributed by atoms with Crippen molar-refractivity contribution in [2.75, 3.05) is 16.8 Å². The second-order valence-electron chi connectivity index (χ2n) is 5.90. The van der Waals surface area contributed by atoms with Crippen molar-refractivity contribution in [1.82, 2.24) is 14.8 Å². The van der Waals surface area contributed by atoms with Crippen LogP contribution in [0.5, 0.6) is 0 Å². The van der Waals surface area contributed by atoms with Gasteiger partial charge in [0.05, 0.1) is 17.8 Å². The smallest absolute Gasteiger partial charge is 0.229 e. The first-order valence-electron chi connectivity index (χ1n) is 7.60. The lowest BCUT2D eigenvalue weighted by Crippen LogP contribution is -2.27. The molecule has 1 N–H and O–H groups in total. The molecule has 120 valence electrons. The van der Waals surface area contributed by atoms with Gasteiger partial charge in [0.15, 0.2) is 0 Å². The van der Waals surface area contributed by atoms with Crippen molar-refractivity contribution in [3.05, 3.63) is 36.9 Å². The molecule has 7 nitrogen and oxygen atoms in total. The normalized spacial score (nSPS) is 17.8. The van der Waals surface area contributed by atoms with E-state index < -0.39 is 0 Å². The van der Waals surface area contributed by atoms with Crippen molar-refractivity contribution >= 4 is 23.2 Å². The molecule has 1 saturated heterocycles. The Morgan fingerprint density at radius 3 is 2.74 bits per heavy atom. The second-order valence-corrected chi connectivity index (χ2v) is 5.90. The number of anilines is 2. The third-order valence-electron chi connectivity index (χ3n) is 3.87. The molecular formula is C16H19N5O2. The fraction of sp³-hybridized carbons (Fsp3) is 0.375. The Morgan fingerprint density at radius 2 is 2.09 bits per heavy atom. The first-order chi connectivity index (χ1) is 11.0. The van der Waals surface area contributed by atoms with Gasteiger partial charge < -0.3 is 10.2 Å². The maximum Gasteiger partial charge on any atom is 0.229 e. The predicted molar refractivity (Wildman–Crippen MR) is 85.9 cm³/mol. The molecule has 0 spiro atoms. The molecule has 0 bridgehead atoms. The highest BCUT2D eigenvalue weighted by Crippen LogP contribution is 2.26. The van der Waals surface area contributed by atoms with E-state index in [0.717, 1.165) is 5.69 Å². The highest BCUT2D eigenvalue weighted by atomic mass is 16.2. The van der Waals surface area contributed by atoms with Crippen LogP contribution >= 0.6 is 0 Å². The molecular weight excluding hydrogens is 294 g/mol. The van der Waals surface area contributed by atoms with E-state index in [1.165, 1.54) is 0 Å². The molecule has 3 heterocycles. The van der Waals surface area contributed by atoms with E-state index in [2.05, 4.69) is 15.4 Å². The van der Waals surface area contributed by atoms with Gasteiger partial charge in [-0.2, -0.15) is 5.10 Å². The summed E-state index contributed by atoms with van der Waals surface area (Å²) in [7, 11) is 0. The minimum atomic E-state index is -0.363. The number of aromatic nitrogens is 3. The van der Waals surface area contributed by atoms with Crippen LogP contribution in [0.1, 0.15) is 26.3 Å². The first-order valence-corrected chi connectivity index (χ1v) is 7.60. The van der Waals surface area contributed by atoms with Gasteiger partial charge in [0.2, 0.25) is 11.8 Å². The Morgan fingerprint density at radius 1 is 1.35 bits per heavy atom. The summed E-state index contributed by atoms with van der Waals surface area (Å²) in [6.45, 7) is 4.42. The maximum absolute atomic E-state index is 12.3. The zero-order valence-electron chi connectivity index (χ0n) is 13.1. The number of rotatable bonds is 4. The average molecular weight is 313 g/mol. The van der Waals surface area contributed by atoms with Gasteiger partial charge in [-0.1, -0.05) is 0 Å². The number of hydrogen-bond acceptors (Lipinski definition) is 4. The molecule has 7 heteroatoms. The van der Waals surface area contributed by atoms with Crippen LogP contribution in [0.3, 0.4) is 0 Å². The van der Waals surface area contributed by atoms with Crippen molar-refractivity contribution in [3.63, 3.8) is 0 Å². The molecule has 1 fully saturated rings. The number of carbonyl (C=O) groups is 2. The van der Waals surface area contributed by atoms with Gasteiger partial charge in [-0.25, -0.2) is 0 Å². The van der Waals surface area contributed by atoms with Gasteiger partial charge in [0.25, 0.3) is 0 Å². The highest BCUT2D eigenvalue weighted by Gasteiger charge is 2.35. The number of nitrogens with zero attached hydrogens (tertiary/aromatic N) is 4. The molecule has 0 aromatic carbocycles. The van der Waals surface area contributed by atoms with E-state index in [-0.39, 0.29) is 30.2 Å². The predicted octanol–water partition coefficient (Wildman–Crippen LogP) is 1.85. The average Bonchev–Trinajstić information content (AvgIpc) is 3.14. The van der Waals surface area contributed by atoms with E-state index >= 15 is 0 Å². The lowest BCUT2D eigenvalue weighted by molar-refractivity contribution is -0.122. The molecule has 23 heavy (non-hydrogen) atoms. The Balaban J connectivity index is 1.68. The van der Waals surface area contributed by atoms with Crippen LogP contribution in [-0.4, -0.2) is 33.1 Å². The molecule has 1 atom stereocenters. The van der Waals surface area contributed by atoms with Crippen LogP contribution in [0, 0.1) is 5.92 Å². The van der Waals surface area contributed by atoms with Gasteiger partial charge in [-0.15, -0.1) is 0 Å². The molecule has 3 rings (SSSR count). The topological polar surface area (TPSA) is 80.1 Å². The lowest BCUT2D eigenvalue weighted by Gasteiger charge is -2.14. The van der Waals surface area contributed by atoms with Crippen molar-refractivity contribution in [1.29, 1.82) is 0 Å². The van der Waals surface area contributed by atoms with Gasteiger partial charge in [-0.05, 0) is 26.0 Å². The fourth-order valence-electron chi connectivity index (χ4n) is 2.56. The Labute approximate surface area is 134 Å². The van der Waals surface area contributed by atoms with E-state index in [4.69, 9.17) is 0 Å². The standard InChI is InChI=1S/C16H19N5O2/c1-11(2)21-10-14(8-18-21)20-9-12(7-15(20)22)16(23)19-13-3-5-17-6-4-13/h3-6,8,10-12H,7,9H2,1-2H3,(H,17,19,23)/t12-/m0/s1. The van der Waals surface area contributed by atoms with Crippen molar-refractivity contribution in [3.8, 4) is 0 Å². The molecule has 2 amide bonds. The number of hydrogen-bond donors (Lipinski definition) is 1. The summed E-state index contributed by atoms with van der Waals surface area (Å²) >= 11 is 0. The summed E-state index contributed by atoms with van der Waals surface area (Å²) < 4.78 is 1.80. The van der Waals surface area contributed by atoms with E-state index in [9.17, 15) is 9.59 Å². The third-order valence-corrected chi connectivity index (χ3v) is 3.87. The first kappa shape index (κ1) is 15.2. The molecule has 0 aliphatic carbocycles. The summed E-state index contributed by atoms with van der Waals surface area (Å²) in [6, 6.07) is 3.67. The highest BCUT2D eigenvalue weighted by molar-refractivity contribution is 6.03. The minimum absolute atomic E-state index is 0.0526. The molecule has 0 unspecified atom stereocenters. The Kier molecular flexibility index (Phi) is 4.10. The van der Waals surface area contributed by atoms with Crippen LogP contribution in [0.2, 0.25) is 0 Å². The van der Waals surface area contributed by atoms with Gasteiger partial charge in [0, 0.05) is 43.3 Å². The summed E-state index contributed by atoms with van der Waals surface area (Å²) in [6.07, 6.45) is 6.95. The van der Waals surface area contributed by atoms with E-state index in [1.807, 2.05) is 20.0 Å². The summed E-state index contributed by atoms with van der Waals surface area (Å²) in [5.41, 5.74) is 1.42. The maximum atomic E-state index is 12.3. The van der Waals surface area contributed by atoms with Crippen LogP contribution in [0.15, 0.2) is 36.9 Å². The van der Waals surface area contributed by atoms with Crippen molar-refractivity contribution < 1.29 is 9.59 Å². The summed E-state index contributed by atoms with van der Waals surface area (Å²) in [5.74, 6) is -0.565. The largest absolute Gasteiger partial charge is 0.326 e. The van der Waals surface area contributed by atoms with Crippen molar-refractivity contribution in [2.45, 2.75) is 26.3 Å². The SMILES string of the molecule is CC(C)n1cc(N2C[C@@H](C(=O)Nc3ccncc3)CC2=O)cn1. The Hall–Kier alpha value is -2.70. The van der Waals surface area contributed by atoms with Gasteiger partial charge in [-0.3, -0.25) is 19.3 Å². The van der Waals surface area contributed by atoms with Gasteiger partial charge >= 0.3 is 0 Å². The van der Waals surface area contributed by atoms with Crippen LogP contribution in [-0.2, 0) is 9.59 Å². The summed E-state index contributed by atoms with van der Waals surface area (Å²) in [4.78, 5) is 30.1. The number of amides is 2. The van der Waals surface area contributed by atoms with Crippen LogP contribution in [0.4, 0.5) is 11.4 Å².